The number of methoxy groups -OCH3 is 1. The lowest BCUT2D eigenvalue weighted by molar-refractivity contribution is -0.140. The molecule has 0 aliphatic rings. The van der Waals surface area contributed by atoms with E-state index in [9.17, 15) is 17.6 Å². The zero-order valence-corrected chi connectivity index (χ0v) is 12.2. The molecule has 0 bridgehead atoms. The second-order valence-electron chi connectivity index (χ2n) is 4.39. The summed E-state index contributed by atoms with van der Waals surface area (Å²) in [5.41, 5.74) is 0.543. The lowest BCUT2D eigenvalue weighted by atomic mass is 10.1. The van der Waals surface area contributed by atoms with Gasteiger partial charge in [0, 0.05) is 12.5 Å². The molecule has 1 aromatic carbocycles. The molecule has 0 heterocycles. The second-order valence-corrected chi connectivity index (χ2v) is 6.27. The smallest absolute Gasteiger partial charge is 0.305 e. The molecular weight excluding hydrogens is 285 g/mol. The molecule has 20 heavy (non-hydrogen) atoms. The third-order valence-corrected chi connectivity index (χ3v) is 4.27. The Hall–Kier alpha value is -1.47. The highest BCUT2D eigenvalue weighted by atomic mass is 32.2. The lowest BCUT2D eigenvalue weighted by Crippen LogP contribution is -2.29. The molecule has 0 spiro atoms. The zero-order valence-electron chi connectivity index (χ0n) is 11.4. The molecule has 0 aliphatic heterocycles. The third kappa shape index (κ3) is 5.66. The molecule has 0 saturated carbocycles. The SMILES string of the molecule is COC(=O)CCCS(=O)(=O)NC(C)c1cccc(F)c1. The normalized spacial score (nSPS) is 12.9. The van der Waals surface area contributed by atoms with Crippen LogP contribution in [0.2, 0.25) is 0 Å². The minimum atomic E-state index is -3.53. The summed E-state index contributed by atoms with van der Waals surface area (Å²) >= 11 is 0. The molecule has 5 nitrogen and oxygen atoms in total. The summed E-state index contributed by atoms with van der Waals surface area (Å²) in [7, 11) is -2.27. The van der Waals surface area contributed by atoms with Crippen LogP contribution in [0.15, 0.2) is 24.3 Å². The van der Waals surface area contributed by atoms with Gasteiger partial charge in [-0.2, -0.15) is 0 Å². The van der Waals surface area contributed by atoms with Crippen molar-refractivity contribution >= 4 is 16.0 Å². The molecule has 0 aromatic heterocycles. The summed E-state index contributed by atoms with van der Waals surface area (Å²) in [6, 6.07) is 5.20. The minimum Gasteiger partial charge on any atom is -0.469 e. The van der Waals surface area contributed by atoms with Crippen molar-refractivity contribution in [1.29, 1.82) is 0 Å². The average Bonchev–Trinajstić information content (AvgIpc) is 2.37. The molecule has 7 heteroatoms. The Morgan fingerprint density at radius 1 is 1.45 bits per heavy atom. The quantitative estimate of drug-likeness (QED) is 0.779. The van der Waals surface area contributed by atoms with Crippen LogP contribution in [0.4, 0.5) is 4.39 Å². The number of sulfonamides is 1. The van der Waals surface area contributed by atoms with Crippen LogP contribution in [0.3, 0.4) is 0 Å². The molecule has 1 rings (SSSR count). The van der Waals surface area contributed by atoms with Gasteiger partial charge in [-0.3, -0.25) is 4.79 Å². The van der Waals surface area contributed by atoms with E-state index in [1.807, 2.05) is 0 Å². The molecule has 0 aliphatic carbocycles. The number of carbonyl (C=O) groups excluding carboxylic acids is 1. The first-order valence-electron chi connectivity index (χ1n) is 6.16. The highest BCUT2D eigenvalue weighted by Gasteiger charge is 2.16. The maximum Gasteiger partial charge on any atom is 0.305 e. The number of ether oxygens (including phenoxy) is 1. The summed E-state index contributed by atoms with van der Waals surface area (Å²) in [4.78, 5) is 10.9. The van der Waals surface area contributed by atoms with Gasteiger partial charge in [-0.25, -0.2) is 17.5 Å². The number of carbonyl (C=O) groups is 1. The van der Waals surface area contributed by atoms with Crippen molar-refractivity contribution in [2.45, 2.75) is 25.8 Å². The summed E-state index contributed by atoms with van der Waals surface area (Å²) < 4.78 is 43.6. The molecule has 0 radical (unpaired) electrons. The largest absolute Gasteiger partial charge is 0.469 e. The van der Waals surface area contributed by atoms with Crippen molar-refractivity contribution in [3.63, 3.8) is 0 Å². The highest BCUT2D eigenvalue weighted by Crippen LogP contribution is 2.14. The van der Waals surface area contributed by atoms with Gasteiger partial charge in [-0.15, -0.1) is 0 Å². The number of esters is 1. The van der Waals surface area contributed by atoms with E-state index in [-0.39, 0.29) is 18.6 Å². The fourth-order valence-electron chi connectivity index (χ4n) is 1.68. The molecule has 0 amide bonds. The van der Waals surface area contributed by atoms with E-state index in [1.54, 1.807) is 13.0 Å². The molecule has 1 atom stereocenters. The topological polar surface area (TPSA) is 72.5 Å². The summed E-state index contributed by atoms with van der Waals surface area (Å²) in [5.74, 6) is -1.04. The van der Waals surface area contributed by atoms with Crippen molar-refractivity contribution in [1.82, 2.24) is 4.72 Å². The Labute approximate surface area is 118 Å². The first-order valence-corrected chi connectivity index (χ1v) is 7.81. The first-order chi connectivity index (χ1) is 9.34. The molecule has 1 unspecified atom stereocenters. The Balaban J connectivity index is 2.55. The maximum atomic E-state index is 13.1. The van der Waals surface area contributed by atoms with Crippen LogP contribution in [-0.4, -0.2) is 27.2 Å². The van der Waals surface area contributed by atoms with E-state index in [0.29, 0.717) is 5.56 Å². The van der Waals surface area contributed by atoms with E-state index < -0.39 is 27.9 Å². The fourth-order valence-corrected chi connectivity index (χ4v) is 3.00. The van der Waals surface area contributed by atoms with Crippen LogP contribution in [0.5, 0.6) is 0 Å². The third-order valence-electron chi connectivity index (χ3n) is 2.73. The predicted molar refractivity (Wildman–Crippen MR) is 73.0 cm³/mol. The maximum absolute atomic E-state index is 13.1. The number of benzene rings is 1. The van der Waals surface area contributed by atoms with Gasteiger partial charge in [0.25, 0.3) is 0 Å². The standard InChI is InChI=1S/C13H18FNO4S/c1-10(11-5-3-6-12(14)9-11)15-20(17,18)8-4-7-13(16)19-2/h3,5-6,9-10,15H,4,7-8H2,1-2H3. The van der Waals surface area contributed by atoms with E-state index in [0.717, 1.165) is 0 Å². The second kappa shape index (κ2) is 7.35. The Morgan fingerprint density at radius 3 is 2.75 bits per heavy atom. The predicted octanol–water partition coefficient (Wildman–Crippen LogP) is 1.76. The van der Waals surface area contributed by atoms with Crippen LogP contribution in [0.1, 0.15) is 31.4 Å². The molecule has 1 N–H and O–H groups in total. The van der Waals surface area contributed by atoms with Gasteiger partial charge in [-0.05, 0) is 31.0 Å². The molecule has 1 aromatic rings. The Kier molecular flexibility index (Phi) is 6.09. The molecular formula is C13H18FNO4S. The van der Waals surface area contributed by atoms with E-state index in [4.69, 9.17) is 0 Å². The van der Waals surface area contributed by atoms with Crippen LogP contribution < -0.4 is 4.72 Å². The van der Waals surface area contributed by atoms with Gasteiger partial charge in [0.1, 0.15) is 5.82 Å². The molecule has 112 valence electrons. The van der Waals surface area contributed by atoms with Crippen molar-refractivity contribution in [3.8, 4) is 0 Å². The number of hydrogen-bond acceptors (Lipinski definition) is 4. The minimum absolute atomic E-state index is 0.0474. The number of halogens is 1. The van der Waals surface area contributed by atoms with Crippen molar-refractivity contribution < 1.29 is 22.3 Å². The van der Waals surface area contributed by atoms with Gasteiger partial charge in [0.15, 0.2) is 0 Å². The number of nitrogens with one attached hydrogen (secondary N) is 1. The van der Waals surface area contributed by atoms with Gasteiger partial charge in [0.05, 0.1) is 12.9 Å². The van der Waals surface area contributed by atoms with Gasteiger partial charge >= 0.3 is 5.97 Å². The number of hydrogen-bond donors (Lipinski definition) is 1. The Bertz CT molecular complexity index is 559. The van der Waals surface area contributed by atoms with E-state index in [2.05, 4.69) is 9.46 Å². The van der Waals surface area contributed by atoms with Gasteiger partial charge in [-0.1, -0.05) is 12.1 Å². The van der Waals surface area contributed by atoms with Crippen LogP contribution in [-0.2, 0) is 19.6 Å². The summed E-state index contributed by atoms with van der Waals surface area (Å²) in [6.07, 6.45) is 0.226. The van der Waals surface area contributed by atoms with Gasteiger partial charge < -0.3 is 4.74 Å². The summed E-state index contributed by atoms with van der Waals surface area (Å²) in [5, 5.41) is 0. The van der Waals surface area contributed by atoms with Crippen LogP contribution >= 0.6 is 0 Å². The van der Waals surface area contributed by atoms with Gasteiger partial charge in [0.2, 0.25) is 10.0 Å². The Morgan fingerprint density at radius 2 is 2.15 bits per heavy atom. The molecule has 0 saturated heterocycles. The fraction of sp³-hybridized carbons (Fsp3) is 0.462. The van der Waals surface area contributed by atoms with Crippen molar-refractivity contribution in [3.05, 3.63) is 35.6 Å². The van der Waals surface area contributed by atoms with E-state index in [1.165, 1.54) is 25.3 Å². The van der Waals surface area contributed by atoms with Crippen molar-refractivity contribution in [2.24, 2.45) is 0 Å². The molecule has 0 fully saturated rings. The van der Waals surface area contributed by atoms with Crippen molar-refractivity contribution in [2.75, 3.05) is 12.9 Å². The highest BCUT2D eigenvalue weighted by molar-refractivity contribution is 7.89. The zero-order chi connectivity index (χ0) is 15.2. The monoisotopic (exact) mass is 303 g/mol. The number of rotatable bonds is 7. The average molecular weight is 303 g/mol. The van der Waals surface area contributed by atoms with E-state index >= 15 is 0 Å². The first kappa shape index (κ1) is 16.6. The summed E-state index contributed by atoms with van der Waals surface area (Å²) in [6.45, 7) is 1.63. The lowest BCUT2D eigenvalue weighted by Gasteiger charge is -2.14. The van der Waals surface area contributed by atoms with Crippen LogP contribution in [0.25, 0.3) is 0 Å². The van der Waals surface area contributed by atoms with Crippen LogP contribution in [0, 0.1) is 5.82 Å².